The van der Waals surface area contributed by atoms with Gasteiger partial charge >= 0.3 is 0 Å². The van der Waals surface area contributed by atoms with Gasteiger partial charge in [0.15, 0.2) is 5.75 Å². The molecule has 2 heterocycles. The molecule has 122 valence electrons. The molecule has 0 amide bonds. The number of aryl methyl sites for hydroxylation is 1. The normalized spacial score (nSPS) is 31.3. The maximum Gasteiger partial charge on any atom is 0.157 e. The Morgan fingerprint density at radius 1 is 1.32 bits per heavy atom. The standard InChI is InChI=1S/C17H27N3O2/c1-20-12-14(11-18-20)22-16-4-2-3-15(16)19-13-9-17(10-13)5-7-21-8-6-17/h11-13,15-16,19H,2-10H2,1H3/t15-,16+/m0/s1. The monoisotopic (exact) mass is 305 g/mol. The third-order valence-corrected chi connectivity index (χ3v) is 5.78. The molecule has 1 saturated heterocycles. The first-order valence-corrected chi connectivity index (χ1v) is 8.72. The fraction of sp³-hybridized carbons (Fsp3) is 0.824. The lowest BCUT2D eigenvalue weighted by Crippen LogP contribution is -2.55. The van der Waals surface area contributed by atoms with E-state index in [-0.39, 0.29) is 0 Å². The summed E-state index contributed by atoms with van der Waals surface area (Å²) in [5.74, 6) is 0.899. The van der Waals surface area contributed by atoms with E-state index in [1.54, 1.807) is 4.68 Å². The van der Waals surface area contributed by atoms with Crippen molar-refractivity contribution in [3.8, 4) is 5.75 Å². The number of hydrogen-bond acceptors (Lipinski definition) is 4. The first kappa shape index (κ1) is 14.5. The van der Waals surface area contributed by atoms with Crippen LogP contribution < -0.4 is 10.1 Å². The lowest BCUT2D eigenvalue weighted by molar-refractivity contribution is -0.0490. The third kappa shape index (κ3) is 2.88. The summed E-state index contributed by atoms with van der Waals surface area (Å²) < 4.78 is 13.5. The highest BCUT2D eigenvalue weighted by Gasteiger charge is 2.46. The first-order valence-electron chi connectivity index (χ1n) is 8.72. The highest BCUT2D eigenvalue weighted by molar-refractivity contribution is 5.13. The summed E-state index contributed by atoms with van der Waals surface area (Å²) in [6.45, 7) is 1.92. The predicted octanol–water partition coefficient (Wildman–Crippen LogP) is 2.27. The van der Waals surface area contributed by atoms with Gasteiger partial charge in [-0.2, -0.15) is 5.10 Å². The molecule has 0 unspecified atom stereocenters. The van der Waals surface area contributed by atoms with Crippen LogP contribution in [0, 0.1) is 5.41 Å². The molecular formula is C17H27N3O2. The van der Waals surface area contributed by atoms with Crippen LogP contribution in [-0.2, 0) is 11.8 Å². The van der Waals surface area contributed by atoms with E-state index >= 15 is 0 Å². The Morgan fingerprint density at radius 2 is 2.14 bits per heavy atom. The van der Waals surface area contributed by atoms with Crippen molar-refractivity contribution in [2.75, 3.05) is 13.2 Å². The van der Waals surface area contributed by atoms with Gasteiger partial charge in [0.1, 0.15) is 6.10 Å². The van der Waals surface area contributed by atoms with Crippen molar-refractivity contribution >= 4 is 0 Å². The Kier molecular flexibility index (Phi) is 3.86. The van der Waals surface area contributed by atoms with Gasteiger partial charge in [0.05, 0.1) is 12.4 Å². The van der Waals surface area contributed by atoms with Crippen LogP contribution in [0.3, 0.4) is 0 Å². The molecule has 0 radical (unpaired) electrons. The van der Waals surface area contributed by atoms with Gasteiger partial charge in [-0.15, -0.1) is 0 Å². The summed E-state index contributed by atoms with van der Waals surface area (Å²) in [5, 5.41) is 8.06. The van der Waals surface area contributed by atoms with E-state index in [0.29, 0.717) is 23.6 Å². The summed E-state index contributed by atoms with van der Waals surface area (Å²) in [5.41, 5.74) is 0.591. The second kappa shape index (κ2) is 5.85. The van der Waals surface area contributed by atoms with Gasteiger partial charge in [0, 0.05) is 32.3 Å². The van der Waals surface area contributed by atoms with Crippen LogP contribution >= 0.6 is 0 Å². The van der Waals surface area contributed by atoms with Crippen molar-refractivity contribution < 1.29 is 9.47 Å². The molecule has 2 aliphatic carbocycles. The molecule has 1 N–H and O–H groups in total. The van der Waals surface area contributed by atoms with Crippen molar-refractivity contribution in [2.45, 2.75) is 63.1 Å². The lowest BCUT2D eigenvalue weighted by atomic mass is 9.61. The molecular weight excluding hydrogens is 278 g/mol. The largest absolute Gasteiger partial charge is 0.486 e. The van der Waals surface area contributed by atoms with E-state index in [9.17, 15) is 0 Å². The average Bonchev–Trinajstić information content (AvgIpc) is 3.09. The van der Waals surface area contributed by atoms with Crippen molar-refractivity contribution in [1.82, 2.24) is 15.1 Å². The molecule has 5 nitrogen and oxygen atoms in total. The number of ether oxygens (including phenoxy) is 2. The molecule has 2 atom stereocenters. The van der Waals surface area contributed by atoms with Gasteiger partial charge in [-0.25, -0.2) is 0 Å². The molecule has 3 fully saturated rings. The number of rotatable bonds is 4. The van der Waals surface area contributed by atoms with Crippen LogP contribution in [0.15, 0.2) is 12.4 Å². The summed E-state index contributed by atoms with van der Waals surface area (Å²) in [7, 11) is 1.93. The van der Waals surface area contributed by atoms with Gasteiger partial charge in [-0.3, -0.25) is 4.68 Å². The van der Waals surface area contributed by atoms with Crippen LogP contribution in [0.4, 0.5) is 0 Å². The van der Waals surface area contributed by atoms with Crippen LogP contribution in [-0.4, -0.2) is 41.2 Å². The molecule has 0 bridgehead atoms. The van der Waals surface area contributed by atoms with E-state index in [1.165, 1.54) is 38.5 Å². The average molecular weight is 305 g/mol. The summed E-state index contributed by atoms with van der Waals surface area (Å²) in [6, 6.07) is 1.18. The second-order valence-corrected chi connectivity index (χ2v) is 7.43. The Balaban J connectivity index is 1.29. The van der Waals surface area contributed by atoms with Crippen molar-refractivity contribution in [3.63, 3.8) is 0 Å². The third-order valence-electron chi connectivity index (χ3n) is 5.78. The smallest absolute Gasteiger partial charge is 0.157 e. The zero-order valence-electron chi connectivity index (χ0n) is 13.5. The number of aromatic nitrogens is 2. The Hall–Kier alpha value is -1.07. The molecule has 1 aromatic rings. The van der Waals surface area contributed by atoms with E-state index in [0.717, 1.165) is 25.4 Å². The minimum atomic E-state index is 0.301. The van der Waals surface area contributed by atoms with E-state index in [4.69, 9.17) is 9.47 Å². The number of nitrogens with zero attached hydrogens (tertiary/aromatic N) is 2. The highest BCUT2D eigenvalue weighted by atomic mass is 16.5. The fourth-order valence-electron chi connectivity index (χ4n) is 4.51. The Bertz CT molecular complexity index is 502. The second-order valence-electron chi connectivity index (χ2n) is 7.43. The van der Waals surface area contributed by atoms with Gasteiger partial charge < -0.3 is 14.8 Å². The summed E-state index contributed by atoms with van der Waals surface area (Å²) in [6.07, 6.45) is 12.9. The van der Waals surface area contributed by atoms with E-state index in [2.05, 4.69) is 10.4 Å². The molecule has 5 heteroatoms. The maximum atomic E-state index is 6.15. The minimum Gasteiger partial charge on any atom is -0.486 e. The predicted molar refractivity (Wildman–Crippen MR) is 83.9 cm³/mol. The molecule has 3 aliphatic rings. The van der Waals surface area contributed by atoms with Gasteiger partial charge in [0.2, 0.25) is 0 Å². The molecule has 1 aliphatic heterocycles. The van der Waals surface area contributed by atoms with E-state index < -0.39 is 0 Å². The molecule has 1 aromatic heterocycles. The molecule has 22 heavy (non-hydrogen) atoms. The molecule has 2 saturated carbocycles. The first-order chi connectivity index (χ1) is 10.7. The maximum absolute atomic E-state index is 6.15. The number of hydrogen-bond donors (Lipinski definition) is 1. The van der Waals surface area contributed by atoms with Gasteiger partial charge in [-0.1, -0.05) is 0 Å². The quantitative estimate of drug-likeness (QED) is 0.927. The van der Waals surface area contributed by atoms with Crippen LogP contribution in [0.5, 0.6) is 5.75 Å². The fourth-order valence-corrected chi connectivity index (χ4v) is 4.51. The lowest BCUT2D eigenvalue weighted by Gasteiger charge is -2.51. The zero-order valence-corrected chi connectivity index (χ0v) is 13.5. The number of nitrogens with one attached hydrogen (secondary N) is 1. The van der Waals surface area contributed by atoms with Crippen LogP contribution in [0.25, 0.3) is 0 Å². The zero-order chi connectivity index (χ0) is 15.0. The summed E-state index contributed by atoms with van der Waals surface area (Å²) in [4.78, 5) is 0. The molecule has 0 aromatic carbocycles. The highest BCUT2D eigenvalue weighted by Crippen LogP contribution is 2.49. The topological polar surface area (TPSA) is 48.3 Å². The van der Waals surface area contributed by atoms with Crippen molar-refractivity contribution in [1.29, 1.82) is 0 Å². The van der Waals surface area contributed by atoms with Gasteiger partial charge in [0.25, 0.3) is 0 Å². The van der Waals surface area contributed by atoms with Crippen molar-refractivity contribution in [2.24, 2.45) is 12.5 Å². The minimum absolute atomic E-state index is 0.301. The SMILES string of the molecule is Cn1cc(O[C@@H]2CCC[C@@H]2NC2CC3(CCOCC3)C2)cn1. The van der Waals surface area contributed by atoms with Gasteiger partial charge in [-0.05, 0) is 50.4 Å². The summed E-state index contributed by atoms with van der Waals surface area (Å²) >= 11 is 0. The van der Waals surface area contributed by atoms with Crippen molar-refractivity contribution in [3.05, 3.63) is 12.4 Å². The van der Waals surface area contributed by atoms with E-state index in [1.807, 2.05) is 19.4 Å². The molecule has 1 spiro atoms. The Labute approximate surface area is 132 Å². The Morgan fingerprint density at radius 3 is 2.86 bits per heavy atom. The van der Waals surface area contributed by atoms with Crippen LogP contribution in [0.2, 0.25) is 0 Å². The van der Waals surface area contributed by atoms with Crippen LogP contribution in [0.1, 0.15) is 44.9 Å². The molecule has 4 rings (SSSR count).